The molecule has 0 aromatic heterocycles. The first-order valence-electron chi connectivity index (χ1n) is 3.33. The molecule has 1 heterocycles. The molecular weight excluding hydrogens is 116 g/mol. The van der Waals surface area contributed by atoms with Crippen molar-refractivity contribution < 1.29 is 9.53 Å². The summed E-state index contributed by atoms with van der Waals surface area (Å²) in [4.78, 5) is 10.8. The molecule has 9 heavy (non-hydrogen) atoms. The van der Waals surface area contributed by atoms with Crippen LogP contribution in [0.2, 0.25) is 0 Å². The fraction of sp³-hybridized carbons (Fsp3) is 0.857. The summed E-state index contributed by atoms with van der Waals surface area (Å²) in [5.41, 5.74) is 0. The van der Waals surface area contributed by atoms with Crippen LogP contribution < -0.4 is 0 Å². The Balaban J connectivity index is 2.65. The van der Waals surface area contributed by atoms with Crippen molar-refractivity contribution in [2.45, 2.75) is 26.9 Å². The summed E-state index contributed by atoms with van der Waals surface area (Å²) in [5, 5.41) is 0. The Bertz CT molecular complexity index is 131. The summed E-state index contributed by atoms with van der Waals surface area (Å²) in [7, 11) is 0. The predicted octanol–water partition coefficient (Wildman–Crippen LogP) is 1.20. The van der Waals surface area contributed by atoms with Crippen molar-refractivity contribution in [1.29, 1.82) is 0 Å². The van der Waals surface area contributed by atoms with Gasteiger partial charge in [0.05, 0.1) is 5.92 Å². The van der Waals surface area contributed by atoms with Gasteiger partial charge in [0.2, 0.25) is 0 Å². The molecule has 0 aromatic rings. The lowest BCUT2D eigenvalue weighted by molar-refractivity contribution is -0.143. The van der Waals surface area contributed by atoms with E-state index in [2.05, 4.69) is 0 Å². The van der Waals surface area contributed by atoms with Gasteiger partial charge in [-0.05, 0) is 6.92 Å². The van der Waals surface area contributed by atoms with Gasteiger partial charge in [-0.3, -0.25) is 4.79 Å². The lowest BCUT2D eigenvalue weighted by atomic mass is 9.95. The third-order valence-corrected chi connectivity index (χ3v) is 2.20. The second-order valence-corrected chi connectivity index (χ2v) is 2.79. The van der Waals surface area contributed by atoms with Gasteiger partial charge in [0.1, 0.15) is 6.10 Å². The Morgan fingerprint density at radius 1 is 1.33 bits per heavy atom. The molecule has 3 atom stereocenters. The lowest BCUT2D eigenvalue weighted by Crippen LogP contribution is -2.11. The third-order valence-electron chi connectivity index (χ3n) is 2.20. The highest BCUT2D eigenvalue weighted by Crippen LogP contribution is 2.26. The number of hydrogen-bond acceptors (Lipinski definition) is 2. The fourth-order valence-electron chi connectivity index (χ4n) is 1.02. The van der Waals surface area contributed by atoms with Crippen LogP contribution in [-0.4, -0.2) is 12.1 Å². The van der Waals surface area contributed by atoms with E-state index in [0.29, 0.717) is 5.92 Å². The van der Waals surface area contributed by atoms with Crippen LogP contribution >= 0.6 is 0 Å². The van der Waals surface area contributed by atoms with Crippen molar-refractivity contribution in [1.82, 2.24) is 0 Å². The summed E-state index contributed by atoms with van der Waals surface area (Å²) in [5.74, 6) is 0.438. The standard InChI is InChI=1S/C7H12O2/c1-4-5(2)7(8)9-6(4)3/h4-6H,1-3H3/t4-,5+,6-/m1/s1. The molecule has 1 rings (SSSR count). The average Bonchev–Trinajstić information content (AvgIpc) is 1.98. The Morgan fingerprint density at radius 3 is 2.00 bits per heavy atom. The zero-order chi connectivity index (χ0) is 7.02. The first-order chi connectivity index (χ1) is 4.13. The molecule has 2 nitrogen and oxygen atoms in total. The normalized spacial score (nSPS) is 43.0. The minimum atomic E-state index is -0.0463. The number of esters is 1. The number of rotatable bonds is 0. The second-order valence-electron chi connectivity index (χ2n) is 2.79. The van der Waals surface area contributed by atoms with Crippen molar-refractivity contribution >= 4 is 5.97 Å². The van der Waals surface area contributed by atoms with Crippen molar-refractivity contribution in [3.05, 3.63) is 0 Å². The topological polar surface area (TPSA) is 26.3 Å². The molecule has 0 bridgehead atoms. The zero-order valence-corrected chi connectivity index (χ0v) is 6.05. The summed E-state index contributed by atoms with van der Waals surface area (Å²) >= 11 is 0. The van der Waals surface area contributed by atoms with Crippen LogP contribution in [0, 0.1) is 11.8 Å². The van der Waals surface area contributed by atoms with Gasteiger partial charge in [-0.2, -0.15) is 0 Å². The van der Waals surface area contributed by atoms with E-state index in [1.165, 1.54) is 0 Å². The highest BCUT2D eigenvalue weighted by molar-refractivity contribution is 5.74. The SMILES string of the molecule is C[C@@H]1[C@H](C)C(=O)O[C@@H]1C. The Morgan fingerprint density at radius 2 is 1.89 bits per heavy atom. The maximum absolute atomic E-state index is 10.8. The molecule has 0 amide bonds. The fourth-order valence-corrected chi connectivity index (χ4v) is 1.02. The molecule has 1 saturated heterocycles. The molecule has 0 aliphatic carbocycles. The number of carbonyl (C=O) groups excluding carboxylic acids is 1. The van der Waals surface area contributed by atoms with E-state index in [-0.39, 0.29) is 18.0 Å². The summed E-state index contributed by atoms with van der Waals surface area (Å²) < 4.78 is 4.95. The molecule has 0 aromatic carbocycles. The van der Waals surface area contributed by atoms with Gasteiger partial charge in [0, 0.05) is 5.92 Å². The van der Waals surface area contributed by atoms with E-state index < -0.39 is 0 Å². The second kappa shape index (κ2) is 2.01. The predicted molar refractivity (Wildman–Crippen MR) is 33.9 cm³/mol. The van der Waals surface area contributed by atoms with Gasteiger partial charge in [-0.15, -0.1) is 0 Å². The quantitative estimate of drug-likeness (QED) is 0.458. The number of ether oxygens (including phenoxy) is 1. The Labute approximate surface area is 55.2 Å². The summed E-state index contributed by atoms with van der Waals surface area (Å²) in [6.45, 7) is 5.89. The third kappa shape index (κ3) is 0.934. The summed E-state index contributed by atoms with van der Waals surface area (Å²) in [6.07, 6.45) is 0.118. The smallest absolute Gasteiger partial charge is 0.309 e. The van der Waals surface area contributed by atoms with Gasteiger partial charge >= 0.3 is 5.97 Å². The van der Waals surface area contributed by atoms with Crippen molar-refractivity contribution in [3.63, 3.8) is 0 Å². The van der Waals surface area contributed by atoms with Crippen LogP contribution in [0.15, 0.2) is 0 Å². The minimum absolute atomic E-state index is 0.0463. The maximum Gasteiger partial charge on any atom is 0.309 e. The Kier molecular flexibility index (Phi) is 1.47. The van der Waals surface area contributed by atoms with E-state index in [9.17, 15) is 4.79 Å². The molecule has 1 aliphatic heterocycles. The van der Waals surface area contributed by atoms with Gasteiger partial charge in [-0.25, -0.2) is 0 Å². The van der Waals surface area contributed by atoms with Gasteiger partial charge in [0.25, 0.3) is 0 Å². The number of hydrogen-bond donors (Lipinski definition) is 0. The van der Waals surface area contributed by atoms with E-state index in [1.807, 2.05) is 20.8 Å². The highest BCUT2D eigenvalue weighted by atomic mass is 16.6. The van der Waals surface area contributed by atoms with Gasteiger partial charge < -0.3 is 4.74 Å². The molecule has 1 fully saturated rings. The highest BCUT2D eigenvalue weighted by Gasteiger charge is 2.35. The van der Waals surface area contributed by atoms with E-state index in [1.54, 1.807) is 0 Å². The van der Waals surface area contributed by atoms with Crippen LogP contribution in [0.3, 0.4) is 0 Å². The van der Waals surface area contributed by atoms with Crippen LogP contribution in [-0.2, 0) is 9.53 Å². The van der Waals surface area contributed by atoms with E-state index >= 15 is 0 Å². The summed E-state index contributed by atoms with van der Waals surface area (Å²) in [6, 6.07) is 0. The maximum atomic E-state index is 10.8. The first-order valence-corrected chi connectivity index (χ1v) is 3.33. The molecule has 1 aliphatic rings. The van der Waals surface area contributed by atoms with E-state index in [0.717, 1.165) is 0 Å². The van der Waals surface area contributed by atoms with Crippen LogP contribution in [0.5, 0.6) is 0 Å². The average molecular weight is 128 g/mol. The molecule has 0 unspecified atom stereocenters. The van der Waals surface area contributed by atoms with E-state index in [4.69, 9.17) is 4.74 Å². The van der Waals surface area contributed by atoms with Crippen molar-refractivity contribution in [3.8, 4) is 0 Å². The Hall–Kier alpha value is -0.530. The van der Waals surface area contributed by atoms with Crippen LogP contribution in [0.1, 0.15) is 20.8 Å². The van der Waals surface area contributed by atoms with Crippen LogP contribution in [0.4, 0.5) is 0 Å². The lowest BCUT2D eigenvalue weighted by Gasteiger charge is -2.06. The zero-order valence-electron chi connectivity index (χ0n) is 6.05. The molecule has 2 heteroatoms. The van der Waals surface area contributed by atoms with Crippen LogP contribution in [0.25, 0.3) is 0 Å². The van der Waals surface area contributed by atoms with Crippen molar-refractivity contribution in [2.75, 3.05) is 0 Å². The molecule has 0 N–H and O–H groups in total. The first kappa shape index (κ1) is 6.59. The largest absolute Gasteiger partial charge is 0.462 e. The molecule has 0 saturated carbocycles. The van der Waals surface area contributed by atoms with Gasteiger partial charge in [0.15, 0.2) is 0 Å². The number of cyclic esters (lactones) is 1. The monoisotopic (exact) mass is 128 g/mol. The van der Waals surface area contributed by atoms with Crippen molar-refractivity contribution in [2.24, 2.45) is 11.8 Å². The molecular formula is C7H12O2. The minimum Gasteiger partial charge on any atom is -0.462 e. The molecule has 0 radical (unpaired) electrons. The van der Waals surface area contributed by atoms with Gasteiger partial charge in [-0.1, -0.05) is 13.8 Å². The molecule has 52 valence electrons. The number of carbonyl (C=O) groups is 1. The molecule has 0 spiro atoms.